The number of hydrogen-bond acceptors (Lipinski definition) is 3. The molecule has 3 nitrogen and oxygen atoms in total. The molecule has 2 rings (SSSR count). The number of rotatable bonds is 7. The molecule has 0 atom stereocenters. The van der Waals surface area contributed by atoms with Crippen LogP contribution in [-0.4, -0.2) is 25.0 Å². The highest BCUT2D eigenvalue weighted by Gasteiger charge is 2.16. The molecule has 0 saturated heterocycles. The molecule has 19 heavy (non-hydrogen) atoms. The van der Waals surface area contributed by atoms with Gasteiger partial charge < -0.3 is 9.73 Å². The summed E-state index contributed by atoms with van der Waals surface area (Å²) in [5.74, 6) is 2.02. The lowest BCUT2D eigenvalue weighted by Crippen LogP contribution is -2.27. The van der Waals surface area contributed by atoms with Gasteiger partial charge in [0.1, 0.15) is 5.76 Å². The van der Waals surface area contributed by atoms with Crippen molar-refractivity contribution in [2.45, 2.75) is 52.1 Å². The molecule has 0 aliphatic heterocycles. The highest BCUT2D eigenvalue weighted by molar-refractivity contribution is 5.16. The first-order chi connectivity index (χ1) is 9.29. The van der Waals surface area contributed by atoms with Gasteiger partial charge in [0.2, 0.25) is 0 Å². The Morgan fingerprint density at radius 3 is 2.84 bits per heavy atom. The van der Waals surface area contributed by atoms with Gasteiger partial charge in [-0.1, -0.05) is 26.2 Å². The summed E-state index contributed by atoms with van der Waals surface area (Å²) in [5, 5.41) is 3.37. The minimum absolute atomic E-state index is 0.894. The zero-order valence-corrected chi connectivity index (χ0v) is 12.5. The van der Waals surface area contributed by atoms with E-state index in [0.717, 1.165) is 31.3 Å². The molecule has 1 aliphatic rings. The van der Waals surface area contributed by atoms with E-state index in [9.17, 15) is 0 Å². The molecule has 3 heteroatoms. The number of furan rings is 1. The average molecular weight is 264 g/mol. The van der Waals surface area contributed by atoms with E-state index < -0.39 is 0 Å². The molecule has 0 radical (unpaired) electrons. The van der Waals surface area contributed by atoms with E-state index in [-0.39, 0.29) is 0 Å². The minimum atomic E-state index is 0.894. The molecule has 0 bridgehead atoms. The van der Waals surface area contributed by atoms with E-state index in [2.05, 4.69) is 30.3 Å². The first-order valence-electron chi connectivity index (χ1n) is 7.74. The summed E-state index contributed by atoms with van der Waals surface area (Å²) in [6.07, 6.45) is 8.91. The maximum Gasteiger partial charge on any atom is 0.122 e. The lowest BCUT2D eigenvalue weighted by Gasteiger charge is -2.26. The zero-order chi connectivity index (χ0) is 13.5. The van der Waals surface area contributed by atoms with Crippen molar-refractivity contribution in [2.24, 2.45) is 5.92 Å². The maximum absolute atomic E-state index is 5.64. The van der Waals surface area contributed by atoms with Crippen LogP contribution in [0.5, 0.6) is 0 Å². The Hall–Kier alpha value is -0.800. The number of nitrogens with zero attached hydrogens (tertiary/aromatic N) is 1. The third-order valence-electron chi connectivity index (χ3n) is 4.11. The molecule has 1 aromatic heterocycles. The standard InChI is InChI=1S/C16H28N2O/c1-3-17-11-15-9-10-19-16(15)13-18(2)12-14-7-5-4-6-8-14/h9-10,14,17H,3-8,11-13H2,1-2H3. The molecule has 1 N–H and O–H groups in total. The van der Waals surface area contributed by atoms with E-state index >= 15 is 0 Å². The largest absolute Gasteiger partial charge is 0.468 e. The Balaban J connectivity index is 1.80. The smallest absolute Gasteiger partial charge is 0.122 e. The van der Waals surface area contributed by atoms with E-state index in [1.165, 1.54) is 44.2 Å². The van der Waals surface area contributed by atoms with E-state index in [4.69, 9.17) is 4.42 Å². The van der Waals surface area contributed by atoms with Crippen molar-refractivity contribution in [1.82, 2.24) is 10.2 Å². The highest BCUT2D eigenvalue weighted by Crippen LogP contribution is 2.24. The Morgan fingerprint density at radius 1 is 1.32 bits per heavy atom. The van der Waals surface area contributed by atoms with Gasteiger partial charge in [-0.05, 0) is 38.4 Å². The maximum atomic E-state index is 5.64. The van der Waals surface area contributed by atoms with Crippen molar-refractivity contribution in [2.75, 3.05) is 20.1 Å². The van der Waals surface area contributed by atoms with Crippen LogP contribution in [0.4, 0.5) is 0 Å². The third kappa shape index (κ3) is 4.66. The summed E-state index contributed by atoms with van der Waals surface area (Å²) in [6.45, 7) is 6.20. The normalized spacial score (nSPS) is 17.2. The van der Waals surface area contributed by atoms with Gasteiger partial charge >= 0.3 is 0 Å². The van der Waals surface area contributed by atoms with Crippen LogP contribution < -0.4 is 5.32 Å². The average Bonchev–Trinajstić information content (AvgIpc) is 2.84. The van der Waals surface area contributed by atoms with Crippen molar-refractivity contribution in [3.63, 3.8) is 0 Å². The second kappa shape index (κ2) is 7.71. The predicted octanol–water partition coefficient (Wildman–Crippen LogP) is 3.40. The fourth-order valence-corrected chi connectivity index (χ4v) is 3.04. The summed E-state index contributed by atoms with van der Waals surface area (Å²) in [6, 6.07) is 2.09. The lowest BCUT2D eigenvalue weighted by molar-refractivity contribution is 0.215. The molecular formula is C16H28N2O. The Labute approximate surface area is 117 Å². The molecule has 1 fully saturated rings. The second-order valence-electron chi connectivity index (χ2n) is 5.85. The van der Waals surface area contributed by atoms with Crippen LogP contribution in [0.25, 0.3) is 0 Å². The summed E-state index contributed by atoms with van der Waals surface area (Å²) in [5.41, 5.74) is 1.30. The molecule has 0 unspecified atom stereocenters. The molecule has 1 aromatic rings. The van der Waals surface area contributed by atoms with Crippen LogP contribution in [0.15, 0.2) is 16.7 Å². The fraction of sp³-hybridized carbons (Fsp3) is 0.750. The predicted molar refractivity (Wildman–Crippen MR) is 79.0 cm³/mol. The van der Waals surface area contributed by atoms with Crippen molar-refractivity contribution < 1.29 is 4.42 Å². The molecule has 1 heterocycles. The molecule has 1 aliphatic carbocycles. The zero-order valence-electron chi connectivity index (χ0n) is 12.5. The van der Waals surface area contributed by atoms with Gasteiger partial charge in [0.05, 0.1) is 12.8 Å². The fourth-order valence-electron chi connectivity index (χ4n) is 3.04. The summed E-state index contributed by atoms with van der Waals surface area (Å²) < 4.78 is 5.64. The number of nitrogens with one attached hydrogen (secondary N) is 1. The highest BCUT2D eigenvalue weighted by atomic mass is 16.3. The molecular weight excluding hydrogens is 236 g/mol. The van der Waals surface area contributed by atoms with E-state index in [1.807, 2.05) is 6.26 Å². The van der Waals surface area contributed by atoms with Gasteiger partial charge in [-0.3, -0.25) is 4.90 Å². The summed E-state index contributed by atoms with van der Waals surface area (Å²) in [7, 11) is 2.22. The Morgan fingerprint density at radius 2 is 2.11 bits per heavy atom. The summed E-state index contributed by atoms with van der Waals surface area (Å²) >= 11 is 0. The van der Waals surface area contributed by atoms with Crippen LogP contribution in [-0.2, 0) is 13.1 Å². The molecule has 0 amide bonds. The molecule has 1 saturated carbocycles. The van der Waals surface area contributed by atoms with Crippen molar-refractivity contribution in [3.05, 3.63) is 23.7 Å². The van der Waals surface area contributed by atoms with Crippen LogP contribution in [0.2, 0.25) is 0 Å². The van der Waals surface area contributed by atoms with Gasteiger partial charge in [0.15, 0.2) is 0 Å². The Kier molecular flexibility index (Phi) is 5.93. The minimum Gasteiger partial charge on any atom is -0.468 e. The van der Waals surface area contributed by atoms with Crippen LogP contribution >= 0.6 is 0 Å². The third-order valence-corrected chi connectivity index (χ3v) is 4.11. The SMILES string of the molecule is CCNCc1ccoc1CN(C)CC1CCCCC1. The van der Waals surface area contributed by atoms with Crippen LogP contribution in [0.3, 0.4) is 0 Å². The van der Waals surface area contributed by atoms with Crippen molar-refractivity contribution in [3.8, 4) is 0 Å². The van der Waals surface area contributed by atoms with Gasteiger partial charge in [0.25, 0.3) is 0 Å². The van der Waals surface area contributed by atoms with Crippen molar-refractivity contribution >= 4 is 0 Å². The molecule has 0 spiro atoms. The first kappa shape index (κ1) is 14.6. The van der Waals surface area contributed by atoms with Gasteiger partial charge in [-0.2, -0.15) is 0 Å². The van der Waals surface area contributed by atoms with Crippen LogP contribution in [0, 0.1) is 5.92 Å². The van der Waals surface area contributed by atoms with E-state index in [0.29, 0.717) is 0 Å². The van der Waals surface area contributed by atoms with E-state index in [1.54, 1.807) is 0 Å². The van der Waals surface area contributed by atoms with Crippen LogP contribution in [0.1, 0.15) is 50.4 Å². The van der Waals surface area contributed by atoms with Gasteiger partial charge in [-0.25, -0.2) is 0 Å². The Bertz CT molecular complexity index is 355. The first-order valence-corrected chi connectivity index (χ1v) is 7.74. The van der Waals surface area contributed by atoms with Gasteiger partial charge in [-0.15, -0.1) is 0 Å². The topological polar surface area (TPSA) is 28.4 Å². The summed E-state index contributed by atoms with van der Waals surface area (Å²) in [4.78, 5) is 2.42. The quantitative estimate of drug-likeness (QED) is 0.818. The second-order valence-corrected chi connectivity index (χ2v) is 5.85. The number of hydrogen-bond donors (Lipinski definition) is 1. The monoisotopic (exact) mass is 264 g/mol. The molecule has 108 valence electrons. The van der Waals surface area contributed by atoms with Crippen molar-refractivity contribution in [1.29, 1.82) is 0 Å². The lowest BCUT2D eigenvalue weighted by atomic mass is 9.89. The van der Waals surface area contributed by atoms with Gasteiger partial charge in [0, 0.05) is 18.7 Å². The molecule has 0 aromatic carbocycles.